The van der Waals surface area contributed by atoms with E-state index in [-0.39, 0.29) is 11.8 Å². The van der Waals surface area contributed by atoms with Crippen LogP contribution in [0.2, 0.25) is 0 Å². The zero-order valence-corrected chi connectivity index (χ0v) is 29.8. The van der Waals surface area contributed by atoms with Crippen LogP contribution < -0.4 is 0 Å². The number of Topliss-reactive ketones (excluding diaryl/α,β-unsaturated/α-hetero) is 1. The molecule has 0 bridgehead atoms. The summed E-state index contributed by atoms with van der Waals surface area (Å²) in [6.45, 7) is 26.1. The first-order valence-electron chi connectivity index (χ1n) is 16.4. The molecule has 0 aromatic heterocycles. The SMILES string of the molecule is CC(C)=CCC/C(C)=C/CC(/C=C(\C)CCC=C(C)C)C(=O)C(/C=C(\C)CCC=C(C)C)C/C=C(\C)CCC=C(C)C. The highest BCUT2D eigenvalue weighted by atomic mass is 16.1. The van der Waals surface area contributed by atoms with Crippen molar-refractivity contribution >= 4 is 5.78 Å². The number of hydrogen-bond donors (Lipinski definition) is 0. The maximum Gasteiger partial charge on any atom is 0.147 e. The summed E-state index contributed by atoms with van der Waals surface area (Å²) in [7, 11) is 0. The highest BCUT2D eigenvalue weighted by Crippen LogP contribution is 2.25. The Morgan fingerprint density at radius 3 is 0.929 bits per heavy atom. The summed E-state index contributed by atoms with van der Waals surface area (Å²) in [5.41, 5.74) is 10.8. The van der Waals surface area contributed by atoms with E-state index in [2.05, 4.69) is 132 Å². The minimum Gasteiger partial charge on any atom is -0.298 e. The first kappa shape index (κ1) is 39.6. The Kier molecular flexibility index (Phi) is 21.8. The van der Waals surface area contributed by atoms with Gasteiger partial charge in [-0.05, 0) is 147 Å². The van der Waals surface area contributed by atoms with E-state index >= 15 is 0 Å². The Morgan fingerprint density at radius 1 is 0.405 bits per heavy atom. The lowest BCUT2D eigenvalue weighted by Crippen LogP contribution is -2.21. The lowest BCUT2D eigenvalue weighted by Gasteiger charge is -2.19. The molecule has 0 fully saturated rings. The molecule has 0 saturated carbocycles. The Morgan fingerprint density at radius 2 is 0.667 bits per heavy atom. The maximum absolute atomic E-state index is 14.3. The van der Waals surface area contributed by atoms with Gasteiger partial charge >= 0.3 is 0 Å². The molecule has 0 heterocycles. The predicted molar refractivity (Wildman–Crippen MR) is 191 cm³/mol. The second kappa shape index (κ2) is 23.1. The normalized spacial score (nSPS) is 14.2. The van der Waals surface area contributed by atoms with Crippen LogP contribution in [0.4, 0.5) is 0 Å². The smallest absolute Gasteiger partial charge is 0.147 e. The molecule has 42 heavy (non-hydrogen) atoms. The summed E-state index contributed by atoms with van der Waals surface area (Å²) in [6.07, 6.45) is 28.3. The van der Waals surface area contributed by atoms with Gasteiger partial charge in [0, 0.05) is 11.8 Å². The van der Waals surface area contributed by atoms with Crippen molar-refractivity contribution in [1.29, 1.82) is 0 Å². The fourth-order valence-corrected chi connectivity index (χ4v) is 4.88. The van der Waals surface area contributed by atoms with Gasteiger partial charge < -0.3 is 0 Å². The van der Waals surface area contributed by atoms with E-state index in [1.165, 1.54) is 44.6 Å². The molecule has 0 aliphatic heterocycles. The molecule has 0 amide bonds. The van der Waals surface area contributed by atoms with Gasteiger partial charge in [-0.25, -0.2) is 0 Å². The van der Waals surface area contributed by atoms with E-state index in [0.29, 0.717) is 5.78 Å². The van der Waals surface area contributed by atoms with Crippen LogP contribution in [0, 0.1) is 11.8 Å². The van der Waals surface area contributed by atoms with Crippen molar-refractivity contribution in [2.75, 3.05) is 0 Å². The molecule has 0 spiro atoms. The van der Waals surface area contributed by atoms with Gasteiger partial charge in [-0.15, -0.1) is 0 Å². The number of carbonyl (C=O) groups is 1. The van der Waals surface area contributed by atoms with Crippen LogP contribution in [0.5, 0.6) is 0 Å². The molecule has 0 rings (SSSR count). The molecule has 2 unspecified atom stereocenters. The van der Waals surface area contributed by atoms with E-state index < -0.39 is 0 Å². The molecule has 0 N–H and O–H groups in total. The second-order valence-corrected chi connectivity index (χ2v) is 13.5. The van der Waals surface area contributed by atoms with Gasteiger partial charge in [0.25, 0.3) is 0 Å². The second-order valence-electron chi connectivity index (χ2n) is 13.5. The third kappa shape index (κ3) is 22.2. The van der Waals surface area contributed by atoms with Crippen LogP contribution >= 0.6 is 0 Å². The van der Waals surface area contributed by atoms with Crippen molar-refractivity contribution in [3.63, 3.8) is 0 Å². The highest BCUT2D eigenvalue weighted by Gasteiger charge is 2.23. The van der Waals surface area contributed by atoms with Crippen molar-refractivity contribution in [2.45, 2.75) is 147 Å². The summed E-state index contributed by atoms with van der Waals surface area (Å²) in [6, 6.07) is 0. The Bertz CT molecular complexity index is 960. The van der Waals surface area contributed by atoms with Crippen LogP contribution in [0.3, 0.4) is 0 Å². The predicted octanol–water partition coefficient (Wildman–Crippen LogP) is 13.3. The zero-order chi connectivity index (χ0) is 32.1. The zero-order valence-electron chi connectivity index (χ0n) is 29.8. The molecule has 0 radical (unpaired) electrons. The first-order valence-corrected chi connectivity index (χ1v) is 16.4. The average Bonchev–Trinajstić information content (AvgIpc) is 2.87. The highest BCUT2D eigenvalue weighted by molar-refractivity contribution is 5.87. The fourth-order valence-electron chi connectivity index (χ4n) is 4.88. The quantitative estimate of drug-likeness (QED) is 0.132. The molecular formula is C41H66O. The molecular weight excluding hydrogens is 508 g/mol. The van der Waals surface area contributed by atoms with E-state index in [0.717, 1.165) is 64.2 Å². The largest absolute Gasteiger partial charge is 0.298 e. The van der Waals surface area contributed by atoms with Crippen LogP contribution in [0.15, 0.2) is 93.2 Å². The standard InChI is InChI=1S/C41H66O/c1-31(2)17-13-21-35(9)25-27-39(29-37(11)23-15-19-33(5)6)41(42)40(30-38(12)24-16-20-34(7)8)28-26-36(10)22-14-18-32(3)4/h17-20,25-26,29-30,39-40H,13-16,21-24,27-28H2,1-12H3/b35-25+,36-26+,37-29+,38-30+. The molecule has 1 heteroatoms. The Hall–Kier alpha value is -2.41. The third-order valence-corrected chi connectivity index (χ3v) is 7.51. The molecule has 2 atom stereocenters. The lowest BCUT2D eigenvalue weighted by atomic mass is 9.84. The van der Waals surface area contributed by atoms with Gasteiger partial charge in [-0.2, -0.15) is 0 Å². The Labute approximate surface area is 262 Å². The lowest BCUT2D eigenvalue weighted by molar-refractivity contribution is -0.123. The molecule has 0 aliphatic carbocycles. The van der Waals surface area contributed by atoms with Crippen molar-refractivity contribution in [3.8, 4) is 0 Å². The van der Waals surface area contributed by atoms with Gasteiger partial charge in [-0.1, -0.05) is 93.2 Å². The third-order valence-electron chi connectivity index (χ3n) is 7.51. The van der Waals surface area contributed by atoms with Crippen LogP contribution in [-0.2, 0) is 4.79 Å². The minimum absolute atomic E-state index is 0.0960. The van der Waals surface area contributed by atoms with Gasteiger partial charge in [-0.3, -0.25) is 4.79 Å². The van der Waals surface area contributed by atoms with Crippen molar-refractivity contribution in [1.82, 2.24) is 0 Å². The molecule has 236 valence electrons. The summed E-state index contributed by atoms with van der Waals surface area (Å²) in [5.74, 6) is 0.169. The van der Waals surface area contributed by atoms with E-state index in [1.807, 2.05) is 0 Å². The maximum atomic E-state index is 14.3. The first-order chi connectivity index (χ1) is 19.7. The van der Waals surface area contributed by atoms with Gasteiger partial charge in [0.15, 0.2) is 0 Å². The molecule has 0 aromatic carbocycles. The summed E-state index contributed by atoms with van der Waals surface area (Å²) >= 11 is 0. The molecule has 0 saturated heterocycles. The van der Waals surface area contributed by atoms with Crippen molar-refractivity contribution in [3.05, 3.63) is 93.2 Å². The molecule has 1 nitrogen and oxygen atoms in total. The average molecular weight is 575 g/mol. The Balaban J connectivity index is 6.22. The van der Waals surface area contributed by atoms with Gasteiger partial charge in [0.2, 0.25) is 0 Å². The van der Waals surface area contributed by atoms with Crippen LogP contribution in [0.1, 0.15) is 147 Å². The minimum atomic E-state index is -0.0960. The monoisotopic (exact) mass is 575 g/mol. The molecule has 0 aromatic rings. The summed E-state index contributed by atoms with van der Waals surface area (Å²) < 4.78 is 0. The number of hydrogen-bond acceptors (Lipinski definition) is 1. The topological polar surface area (TPSA) is 17.1 Å². The fraction of sp³-hybridized carbons (Fsp3) is 0.585. The number of allylic oxidation sites excluding steroid dienone is 16. The number of ketones is 1. The van der Waals surface area contributed by atoms with E-state index in [4.69, 9.17) is 0 Å². The molecule has 0 aliphatic rings. The number of rotatable bonds is 20. The van der Waals surface area contributed by atoms with Crippen molar-refractivity contribution in [2.24, 2.45) is 11.8 Å². The van der Waals surface area contributed by atoms with Gasteiger partial charge in [0.05, 0.1) is 0 Å². The van der Waals surface area contributed by atoms with Crippen LogP contribution in [0.25, 0.3) is 0 Å². The summed E-state index contributed by atoms with van der Waals surface area (Å²) in [5, 5.41) is 0. The van der Waals surface area contributed by atoms with E-state index in [9.17, 15) is 4.79 Å². The van der Waals surface area contributed by atoms with Gasteiger partial charge in [0.1, 0.15) is 5.78 Å². The number of carbonyl (C=O) groups excluding carboxylic acids is 1. The van der Waals surface area contributed by atoms with E-state index in [1.54, 1.807) is 0 Å². The summed E-state index contributed by atoms with van der Waals surface area (Å²) in [4.78, 5) is 14.3. The van der Waals surface area contributed by atoms with Crippen LogP contribution in [-0.4, -0.2) is 5.78 Å². The van der Waals surface area contributed by atoms with Crippen molar-refractivity contribution < 1.29 is 4.79 Å².